The van der Waals surface area contributed by atoms with Crippen LogP contribution in [0.25, 0.3) is 0 Å². The number of amides is 2. The summed E-state index contributed by atoms with van der Waals surface area (Å²) >= 11 is 3.44. The van der Waals surface area contributed by atoms with E-state index in [0.29, 0.717) is 5.56 Å². The normalized spacial score (nSPS) is 14.3. The number of rotatable bonds is 12. The van der Waals surface area contributed by atoms with Crippen LogP contribution >= 0.6 is 15.9 Å². The van der Waals surface area contributed by atoms with Crippen molar-refractivity contribution in [2.24, 2.45) is 0 Å². The fourth-order valence-electron chi connectivity index (χ4n) is 5.20. The molecule has 1 aliphatic rings. The summed E-state index contributed by atoms with van der Waals surface area (Å²) in [5, 5.41) is 3.15. The molecule has 10 heteroatoms. The van der Waals surface area contributed by atoms with Crippen molar-refractivity contribution in [2.75, 3.05) is 17.1 Å². The van der Waals surface area contributed by atoms with Gasteiger partial charge in [0.25, 0.3) is 0 Å². The first kappa shape index (κ1) is 31.4. The van der Waals surface area contributed by atoms with Gasteiger partial charge >= 0.3 is 0 Å². The summed E-state index contributed by atoms with van der Waals surface area (Å²) in [5.41, 5.74) is 2.21. The predicted octanol–water partition coefficient (Wildman–Crippen LogP) is 5.12. The summed E-state index contributed by atoms with van der Waals surface area (Å²) in [7, 11) is -3.92. The number of nitrogens with zero attached hydrogens (tertiary/aromatic N) is 2. The van der Waals surface area contributed by atoms with Gasteiger partial charge in [0, 0.05) is 29.0 Å². The number of hydrogen-bond acceptors (Lipinski definition) is 5. The molecule has 1 aliphatic carbocycles. The number of nitrogens with one attached hydrogen (secondary N) is 1. The van der Waals surface area contributed by atoms with Gasteiger partial charge in [-0.25, -0.2) is 8.42 Å². The van der Waals surface area contributed by atoms with Gasteiger partial charge in [-0.2, -0.15) is 0 Å². The summed E-state index contributed by atoms with van der Waals surface area (Å²) in [6, 6.07) is 22.3. The molecule has 8 nitrogen and oxygen atoms in total. The van der Waals surface area contributed by atoms with E-state index >= 15 is 0 Å². The average molecular weight is 655 g/mol. The summed E-state index contributed by atoms with van der Waals surface area (Å²) in [5.74, 6) is -1.01. The molecule has 4 rings (SSSR count). The number of ketones is 1. The van der Waals surface area contributed by atoms with Crippen LogP contribution in [0.2, 0.25) is 0 Å². The molecule has 222 valence electrons. The van der Waals surface area contributed by atoms with E-state index in [0.717, 1.165) is 51.8 Å². The second kappa shape index (κ2) is 14.1. The summed E-state index contributed by atoms with van der Waals surface area (Å²) in [4.78, 5) is 41.6. The van der Waals surface area contributed by atoms with Gasteiger partial charge in [0.2, 0.25) is 21.8 Å². The second-order valence-corrected chi connectivity index (χ2v) is 13.5. The molecule has 1 atom stereocenters. The smallest absolute Gasteiger partial charge is 0.244 e. The third kappa shape index (κ3) is 8.51. The third-order valence-electron chi connectivity index (χ3n) is 7.46. The van der Waals surface area contributed by atoms with Crippen LogP contribution in [-0.4, -0.2) is 55.8 Å². The Morgan fingerprint density at radius 3 is 2.21 bits per heavy atom. The van der Waals surface area contributed by atoms with Crippen LogP contribution in [0.15, 0.2) is 83.3 Å². The number of anilines is 1. The maximum Gasteiger partial charge on any atom is 0.244 e. The maximum absolute atomic E-state index is 14.2. The number of benzene rings is 3. The van der Waals surface area contributed by atoms with E-state index in [1.54, 1.807) is 18.2 Å². The van der Waals surface area contributed by atoms with Gasteiger partial charge in [-0.05, 0) is 55.2 Å². The Labute approximate surface area is 256 Å². The predicted molar refractivity (Wildman–Crippen MR) is 168 cm³/mol. The highest BCUT2D eigenvalue weighted by Gasteiger charge is 2.34. The lowest BCUT2D eigenvalue weighted by atomic mass is 10.0. The van der Waals surface area contributed by atoms with Gasteiger partial charge in [0.15, 0.2) is 5.78 Å². The van der Waals surface area contributed by atoms with Gasteiger partial charge in [0.05, 0.1) is 11.9 Å². The average Bonchev–Trinajstić information content (AvgIpc) is 3.47. The summed E-state index contributed by atoms with van der Waals surface area (Å²) in [6.07, 6.45) is 5.14. The minimum atomic E-state index is -3.92. The minimum Gasteiger partial charge on any atom is -0.352 e. The Balaban J connectivity index is 1.73. The summed E-state index contributed by atoms with van der Waals surface area (Å²) in [6.45, 7) is 0.970. The Morgan fingerprint density at radius 2 is 1.60 bits per heavy atom. The Kier molecular flexibility index (Phi) is 10.6. The molecule has 0 unspecified atom stereocenters. The lowest BCUT2D eigenvalue weighted by Crippen LogP contribution is -2.54. The number of sulfonamides is 1. The minimum absolute atomic E-state index is 0.0437. The van der Waals surface area contributed by atoms with E-state index in [1.807, 2.05) is 54.6 Å². The lowest BCUT2D eigenvalue weighted by molar-refractivity contribution is -0.140. The van der Waals surface area contributed by atoms with E-state index in [2.05, 4.69) is 21.2 Å². The van der Waals surface area contributed by atoms with Crippen LogP contribution in [0.3, 0.4) is 0 Å². The zero-order valence-corrected chi connectivity index (χ0v) is 26.2. The largest absolute Gasteiger partial charge is 0.352 e. The molecular weight excluding hydrogens is 618 g/mol. The highest BCUT2D eigenvalue weighted by Crippen LogP contribution is 2.23. The van der Waals surface area contributed by atoms with Crippen LogP contribution in [0.4, 0.5) is 5.69 Å². The molecule has 3 aromatic rings. The van der Waals surface area contributed by atoms with E-state index in [1.165, 1.54) is 17.9 Å². The molecule has 2 amide bonds. The van der Waals surface area contributed by atoms with Gasteiger partial charge in [-0.3, -0.25) is 18.7 Å². The van der Waals surface area contributed by atoms with Crippen molar-refractivity contribution in [3.8, 4) is 0 Å². The van der Waals surface area contributed by atoms with Crippen molar-refractivity contribution in [1.82, 2.24) is 10.2 Å². The molecule has 0 aromatic heterocycles. The number of carbonyl (C=O) groups excluding carboxylic acids is 3. The number of Topliss-reactive ketones (excluding diaryl/α,β-unsaturated/α-hetero) is 1. The van der Waals surface area contributed by atoms with Gasteiger partial charge in [-0.1, -0.05) is 83.4 Å². The van der Waals surface area contributed by atoms with Gasteiger partial charge in [0.1, 0.15) is 12.6 Å². The molecule has 42 heavy (non-hydrogen) atoms. The molecule has 0 spiro atoms. The van der Waals surface area contributed by atoms with Crippen molar-refractivity contribution < 1.29 is 22.8 Å². The molecule has 1 N–H and O–H groups in total. The molecule has 0 bridgehead atoms. The number of hydrogen-bond donors (Lipinski definition) is 1. The van der Waals surface area contributed by atoms with Crippen molar-refractivity contribution >= 4 is 49.2 Å². The zero-order valence-electron chi connectivity index (χ0n) is 23.8. The maximum atomic E-state index is 14.2. The van der Waals surface area contributed by atoms with E-state index < -0.39 is 28.5 Å². The standard InChI is InChI=1S/C32H36BrN3O5S/c1-23(37)26-11-8-14-29(20-26)36(42(2,40)41)22-31(38)35(21-25-15-17-27(33)18-16-25)30(19-24-9-4-3-5-10-24)32(39)34-28-12-6-7-13-28/h3-5,8-11,14-18,20,28,30H,6-7,12-13,19,21-22H2,1-2H3,(H,34,39)/t30-/m0/s1. The third-order valence-corrected chi connectivity index (χ3v) is 9.13. The number of carbonyl (C=O) groups is 3. The van der Waals surface area contributed by atoms with Crippen molar-refractivity contribution in [2.45, 2.75) is 57.7 Å². The second-order valence-electron chi connectivity index (χ2n) is 10.7. The highest BCUT2D eigenvalue weighted by molar-refractivity contribution is 9.10. The van der Waals surface area contributed by atoms with Crippen LogP contribution in [0, 0.1) is 0 Å². The molecule has 1 fully saturated rings. The Morgan fingerprint density at radius 1 is 0.929 bits per heavy atom. The van der Waals surface area contributed by atoms with E-state index in [9.17, 15) is 22.8 Å². The SMILES string of the molecule is CC(=O)c1cccc(N(CC(=O)N(Cc2ccc(Br)cc2)[C@@H](Cc2ccccc2)C(=O)NC2CCCC2)S(C)(=O)=O)c1. The fourth-order valence-corrected chi connectivity index (χ4v) is 6.31. The highest BCUT2D eigenvalue weighted by atomic mass is 79.9. The van der Waals surface area contributed by atoms with Crippen molar-refractivity contribution in [1.29, 1.82) is 0 Å². The fraction of sp³-hybridized carbons (Fsp3) is 0.344. The Bertz CT molecular complexity index is 1510. The van der Waals surface area contributed by atoms with Crippen LogP contribution < -0.4 is 9.62 Å². The van der Waals surface area contributed by atoms with Gasteiger partial charge in [-0.15, -0.1) is 0 Å². The van der Waals surface area contributed by atoms with Crippen molar-refractivity contribution in [3.63, 3.8) is 0 Å². The first-order valence-corrected chi connectivity index (χ1v) is 16.6. The molecule has 1 saturated carbocycles. The van der Waals surface area contributed by atoms with Crippen LogP contribution in [0.1, 0.15) is 54.1 Å². The van der Waals surface area contributed by atoms with Crippen LogP contribution in [0.5, 0.6) is 0 Å². The first-order chi connectivity index (χ1) is 20.0. The molecule has 0 heterocycles. The van der Waals surface area contributed by atoms with Crippen LogP contribution in [-0.2, 0) is 32.6 Å². The molecule has 0 aliphatic heterocycles. The lowest BCUT2D eigenvalue weighted by Gasteiger charge is -2.34. The van der Waals surface area contributed by atoms with Crippen molar-refractivity contribution in [3.05, 3.63) is 100 Å². The quantitative estimate of drug-likeness (QED) is 0.274. The topological polar surface area (TPSA) is 104 Å². The van der Waals surface area contributed by atoms with Gasteiger partial charge < -0.3 is 10.2 Å². The molecule has 0 saturated heterocycles. The molecule has 3 aromatic carbocycles. The summed E-state index contributed by atoms with van der Waals surface area (Å²) < 4.78 is 27.8. The van der Waals surface area contributed by atoms with E-state index in [-0.39, 0.29) is 36.4 Å². The zero-order chi connectivity index (χ0) is 30.3. The molecule has 0 radical (unpaired) electrons. The number of halogens is 1. The molecular formula is C32H36BrN3O5S. The van der Waals surface area contributed by atoms with E-state index in [4.69, 9.17) is 0 Å². The Hall–Kier alpha value is -3.50. The monoisotopic (exact) mass is 653 g/mol. The first-order valence-electron chi connectivity index (χ1n) is 14.0.